The third-order valence-electron chi connectivity index (χ3n) is 15.6. The maximum absolute atomic E-state index is 7.29. The lowest BCUT2D eigenvalue weighted by Crippen LogP contribution is -2.57. The molecule has 0 saturated carbocycles. The number of rotatable bonds is 5. The topological polar surface area (TPSA) is 22.6 Å². The van der Waals surface area contributed by atoms with E-state index in [-0.39, 0.29) is 11.6 Å². The number of fused-ring (bicyclic) bond motifs is 8. The molecule has 4 nitrogen and oxygen atoms in total. The Bertz CT molecular complexity index is 2260. The summed E-state index contributed by atoms with van der Waals surface area (Å²) in [5.41, 5.74) is 16.2. The van der Waals surface area contributed by atoms with Crippen molar-refractivity contribution >= 4 is 32.9 Å². The van der Waals surface area contributed by atoms with Crippen LogP contribution in [0.15, 0.2) is 106 Å². The van der Waals surface area contributed by atoms with Crippen LogP contribution in [-0.4, -0.2) is 48.0 Å². The number of aryl methyl sites for hydroxylation is 1. The summed E-state index contributed by atoms with van der Waals surface area (Å²) in [5.74, 6) is 3.90. The maximum atomic E-state index is 7.29. The van der Waals surface area contributed by atoms with E-state index in [0.29, 0.717) is 29.3 Å². The van der Waals surface area contributed by atoms with Gasteiger partial charge < -0.3 is 9.32 Å². The Morgan fingerprint density at radius 3 is 2.56 bits per heavy atom. The third kappa shape index (κ3) is 5.57. The minimum atomic E-state index is -1.01. The average Bonchev–Trinajstić information content (AvgIpc) is 3.58. The quantitative estimate of drug-likeness (QED) is 0.172. The molecule has 0 spiro atoms. The number of nitrogens with zero attached hydrogens (tertiary/aromatic N) is 3. The normalized spacial score (nSPS) is 30.1. The van der Waals surface area contributed by atoms with Crippen molar-refractivity contribution in [3.8, 4) is 0 Å². The van der Waals surface area contributed by atoms with Crippen LogP contribution < -0.4 is 0 Å². The van der Waals surface area contributed by atoms with Crippen LogP contribution >= 0.6 is 0 Å². The molecule has 0 bridgehead atoms. The van der Waals surface area contributed by atoms with Crippen molar-refractivity contribution in [2.75, 3.05) is 6.54 Å². The molecule has 2 aromatic rings. The van der Waals surface area contributed by atoms with Gasteiger partial charge in [0.1, 0.15) is 18.2 Å². The van der Waals surface area contributed by atoms with Crippen molar-refractivity contribution in [1.82, 2.24) is 9.80 Å². The van der Waals surface area contributed by atoms with E-state index in [4.69, 9.17) is 11.1 Å². The largest absolute Gasteiger partial charge is 0.459 e. The molecule has 57 heavy (non-hydrogen) atoms. The Morgan fingerprint density at radius 2 is 1.75 bits per heavy atom. The standard InChI is InChI=1S/C52H64N3OSi/c1-8-52(9-2)48(38-24-13-12-22-36(38)45-31-41(33(3)4)47(57(6)7)32-54(45)52)49-40-30-29-39-37-23-14-17-28-46(37)56-51(39)50(40)55(44-26-16-15-25-43(44)53(49)5)42-27-18-20-34-19-10-11-21-35(34)42/h11-14,16,18,20-24,26,31,33-35,42,45,47,57H,5,8-10,15,17,19,25,27-30,32H2,1-4,6-7H3/q+1/b49-48-. The third-order valence-corrected chi connectivity index (χ3v) is 17.8. The van der Waals surface area contributed by atoms with Gasteiger partial charge >= 0.3 is 0 Å². The zero-order chi connectivity index (χ0) is 39.2. The van der Waals surface area contributed by atoms with E-state index in [9.17, 15) is 0 Å². The lowest BCUT2D eigenvalue weighted by molar-refractivity contribution is -0.413. The first-order valence-corrected chi connectivity index (χ1v) is 25.7. The van der Waals surface area contributed by atoms with Crippen LogP contribution in [0.2, 0.25) is 18.6 Å². The highest BCUT2D eigenvalue weighted by atomic mass is 28.3. The Kier molecular flexibility index (Phi) is 9.44. The lowest BCUT2D eigenvalue weighted by Gasteiger charge is -2.56. The molecule has 0 radical (unpaired) electrons. The van der Waals surface area contributed by atoms with E-state index in [1.807, 2.05) is 0 Å². The lowest BCUT2D eigenvalue weighted by atomic mass is 9.68. The Labute approximate surface area is 344 Å². The first-order chi connectivity index (χ1) is 27.8. The van der Waals surface area contributed by atoms with E-state index in [0.717, 1.165) is 70.1 Å². The molecule has 0 amide bonds. The van der Waals surface area contributed by atoms with Gasteiger partial charge in [0.25, 0.3) is 0 Å². The summed E-state index contributed by atoms with van der Waals surface area (Å²) in [4.78, 5) is 5.83. The van der Waals surface area contributed by atoms with Gasteiger partial charge in [-0.05, 0) is 92.4 Å². The van der Waals surface area contributed by atoms with Crippen molar-refractivity contribution in [3.05, 3.63) is 135 Å². The number of benzene rings is 1. The second-order valence-corrected chi connectivity index (χ2v) is 22.2. The number of hydrogen-bond acceptors (Lipinski definition) is 3. The maximum Gasteiger partial charge on any atom is 0.221 e. The van der Waals surface area contributed by atoms with Gasteiger partial charge in [0.05, 0.1) is 28.4 Å². The van der Waals surface area contributed by atoms with E-state index in [1.54, 1.807) is 5.57 Å². The highest BCUT2D eigenvalue weighted by Gasteiger charge is 2.55. The van der Waals surface area contributed by atoms with E-state index in [1.165, 1.54) is 74.8 Å². The molecule has 10 rings (SSSR count). The molecule has 0 saturated heterocycles. The molecule has 5 heteroatoms. The van der Waals surface area contributed by atoms with Crippen molar-refractivity contribution in [3.63, 3.8) is 0 Å². The van der Waals surface area contributed by atoms with Gasteiger partial charge in [0.15, 0.2) is 5.76 Å². The summed E-state index contributed by atoms with van der Waals surface area (Å²) in [6, 6.07) is 10.1. The second-order valence-electron chi connectivity index (χ2n) is 18.9. The van der Waals surface area contributed by atoms with Crippen LogP contribution in [0.5, 0.6) is 0 Å². The minimum absolute atomic E-state index is 0.153. The van der Waals surface area contributed by atoms with Crippen molar-refractivity contribution in [1.29, 1.82) is 0 Å². The first kappa shape index (κ1) is 37.3. The van der Waals surface area contributed by atoms with Crippen molar-refractivity contribution in [2.24, 2.45) is 17.8 Å². The first-order valence-electron chi connectivity index (χ1n) is 22.8. The summed E-state index contributed by atoms with van der Waals surface area (Å²) < 4.78 is 9.77. The predicted molar refractivity (Wildman–Crippen MR) is 240 cm³/mol. The molecule has 296 valence electrons. The monoisotopic (exact) mass is 774 g/mol. The summed E-state index contributed by atoms with van der Waals surface area (Å²) in [5, 5.41) is 0. The Hall–Kier alpha value is -3.93. The molecule has 4 heterocycles. The van der Waals surface area contributed by atoms with Crippen LogP contribution in [0.1, 0.15) is 125 Å². The molecule has 5 unspecified atom stereocenters. The molecule has 5 aliphatic carbocycles. The van der Waals surface area contributed by atoms with Gasteiger partial charge in [-0.15, -0.1) is 0 Å². The van der Waals surface area contributed by atoms with Gasteiger partial charge in [-0.2, -0.15) is 4.58 Å². The summed E-state index contributed by atoms with van der Waals surface area (Å²) in [7, 11) is -1.01. The number of furan rings is 1. The highest BCUT2D eigenvalue weighted by Crippen LogP contribution is 2.58. The molecule has 0 fully saturated rings. The molecule has 5 atom stereocenters. The number of hydrogen-bond donors (Lipinski definition) is 0. The van der Waals surface area contributed by atoms with Crippen LogP contribution in [0.3, 0.4) is 0 Å². The van der Waals surface area contributed by atoms with Crippen LogP contribution in [0.4, 0.5) is 0 Å². The SMILES string of the molecule is C=[N+]1C2=C(C=CCC2)N(C2CC=CC3CCC=CC32)C2=C(CCc3c2oc2c3C=CCC2)/C1=C1\c2ccccc2C2C=C(C(C)C)C([SiH](C)C)CN2C1(CC)CC. The van der Waals surface area contributed by atoms with Crippen molar-refractivity contribution in [2.45, 2.75) is 135 Å². The van der Waals surface area contributed by atoms with E-state index < -0.39 is 8.80 Å². The fraction of sp³-hybridized carbons (Fsp3) is 0.481. The van der Waals surface area contributed by atoms with Gasteiger partial charge in [0, 0.05) is 51.3 Å². The molecular weight excluding hydrogens is 711 g/mol. The molecule has 1 aromatic heterocycles. The summed E-state index contributed by atoms with van der Waals surface area (Å²) >= 11 is 0. The smallest absolute Gasteiger partial charge is 0.221 e. The Balaban J connectivity index is 1.32. The summed E-state index contributed by atoms with van der Waals surface area (Å²) in [6.07, 6.45) is 34.0. The fourth-order valence-electron chi connectivity index (χ4n) is 12.8. The van der Waals surface area contributed by atoms with Crippen LogP contribution in [-0.2, 0) is 12.8 Å². The van der Waals surface area contributed by atoms with Gasteiger partial charge in [-0.25, -0.2) is 0 Å². The van der Waals surface area contributed by atoms with Crippen LogP contribution in [0.25, 0.3) is 17.3 Å². The predicted octanol–water partition coefficient (Wildman–Crippen LogP) is 12.2. The molecule has 3 aliphatic heterocycles. The minimum Gasteiger partial charge on any atom is -0.459 e. The zero-order valence-corrected chi connectivity index (χ0v) is 36.6. The van der Waals surface area contributed by atoms with E-state index >= 15 is 0 Å². The Morgan fingerprint density at radius 1 is 0.947 bits per heavy atom. The van der Waals surface area contributed by atoms with Gasteiger partial charge in [-0.3, -0.25) is 4.90 Å². The van der Waals surface area contributed by atoms with Gasteiger partial charge in [0.2, 0.25) is 11.4 Å². The van der Waals surface area contributed by atoms with E-state index in [2.05, 4.69) is 134 Å². The summed E-state index contributed by atoms with van der Waals surface area (Å²) in [6.45, 7) is 21.3. The van der Waals surface area contributed by atoms with Crippen LogP contribution in [0, 0.1) is 17.8 Å². The molecule has 1 aromatic carbocycles. The van der Waals surface area contributed by atoms with Crippen molar-refractivity contribution < 1.29 is 8.99 Å². The highest BCUT2D eigenvalue weighted by molar-refractivity contribution is 6.58. The number of allylic oxidation sites excluding steroid dienone is 7. The van der Waals surface area contributed by atoms with Gasteiger partial charge in [-0.1, -0.05) is 119 Å². The fourth-order valence-corrected chi connectivity index (χ4v) is 14.7. The molecule has 0 N–H and O–H groups in total. The zero-order valence-electron chi connectivity index (χ0n) is 35.5. The molecule has 8 aliphatic rings. The second kappa shape index (κ2) is 14.4. The molecular formula is C52H64N3OSi+. The average molecular weight is 775 g/mol.